The van der Waals surface area contributed by atoms with Crippen molar-refractivity contribution in [1.29, 1.82) is 0 Å². The normalized spacial score (nSPS) is 15.8. The van der Waals surface area contributed by atoms with Gasteiger partial charge in [-0.05, 0) is 25.1 Å². The molecule has 34 heavy (non-hydrogen) atoms. The van der Waals surface area contributed by atoms with Crippen LogP contribution >= 0.6 is 0 Å². The van der Waals surface area contributed by atoms with Gasteiger partial charge in [-0.15, -0.1) is 0 Å². The third-order valence-corrected chi connectivity index (χ3v) is 5.95. The fourth-order valence-electron chi connectivity index (χ4n) is 4.13. The van der Waals surface area contributed by atoms with E-state index in [4.69, 9.17) is 9.51 Å². The van der Waals surface area contributed by atoms with E-state index in [-0.39, 0.29) is 11.4 Å². The zero-order chi connectivity index (χ0) is 23.7. The van der Waals surface area contributed by atoms with Crippen LogP contribution < -0.4 is 0 Å². The first-order valence-corrected chi connectivity index (χ1v) is 11.0. The maximum Gasteiger partial charge on any atom is 0.416 e. The number of alkyl halides is 3. The second-order valence-electron chi connectivity index (χ2n) is 8.38. The number of fused-ring (bicyclic) bond motifs is 1. The summed E-state index contributed by atoms with van der Waals surface area (Å²) in [7, 11) is 0. The molecular formula is C24H23F3N6O. The number of hydrogen-bond acceptors (Lipinski definition) is 7. The summed E-state index contributed by atoms with van der Waals surface area (Å²) in [6, 6.07) is 12.9. The number of rotatable bonds is 5. The largest absolute Gasteiger partial charge is 0.416 e. The quantitative estimate of drug-likeness (QED) is 0.432. The first kappa shape index (κ1) is 22.4. The molecule has 0 unspecified atom stereocenters. The Labute approximate surface area is 194 Å². The van der Waals surface area contributed by atoms with Crippen molar-refractivity contribution < 1.29 is 17.7 Å². The van der Waals surface area contributed by atoms with E-state index in [0.717, 1.165) is 60.7 Å². The van der Waals surface area contributed by atoms with Gasteiger partial charge < -0.3 is 4.52 Å². The Morgan fingerprint density at radius 2 is 1.62 bits per heavy atom. The van der Waals surface area contributed by atoms with Gasteiger partial charge in [0, 0.05) is 42.8 Å². The van der Waals surface area contributed by atoms with Crippen molar-refractivity contribution in [2.24, 2.45) is 0 Å². The number of hydrogen-bond donors (Lipinski definition) is 0. The Hall–Kier alpha value is -3.37. The number of benzene rings is 2. The van der Waals surface area contributed by atoms with E-state index in [9.17, 15) is 13.2 Å². The van der Waals surface area contributed by atoms with Crippen LogP contribution in [-0.2, 0) is 19.3 Å². The highest BCUT2D eigenvalue weighted by atomic mass is 19.4. The summed E-state index contributed by atoms with van der Waals surface area (Å²) in [6.07, 6.45) is -4.42. The molecule has 2 aromatic heterocycles. The SMILES string of the molecule is Cc1nc(CN2CCN(Cc3nc(-c4cccc(C(F)(F)F)c4)no3)CC2)nc2ccccc12. The van der Waals surface area contributed by atoms with Crippen molar-refractivity contribution in [2.45, 2.75) is 26.2 Å². The third-order valence-electron chi connectivity index (χ3n) is 5.95. The number of halogens is 3. The van der Waals surface area contributed by atoms with Crippen LogP contribution in [0.1, 0.15) is 23.0 Å². The van der Waals surface area contributed by atoms with Crippen LogP contribution in [0.25, 0.3) is 22.3 Å². The molecule has 4 aromatic rings. The van der Waals surface area contributed by atoms with Gasteiger partial charge in [0.05, 0.1) is 24.2 Å². The van der Waals surface area contributed by atoms with Crippen molar-refractivity contribution in [3.8, 4) is 11.4 Å². The molecule has 1 aliphatic heterocycles. The van der Waals surface area contributed by atoms with E-state index in [1.807, 2.05) is 31.2 Å². The van der Waals surface area contributed by atoms with Crippen molar-refractivity contribution >= 4 is 10.9 Å². The molecule has 2 aromatic carbocycles. The zero-order valence-electron chi connectivity index (χ0n) is 18.6. The molecule has 1 fully saturated rings. The molecule has 10 heteroatoms. The number of aromatic nitrogens is 4. The minimum Gasteiger partial charge on any atom is -0.338 e. The molecule has 176 valence electrons. The molecule has 0 bridgehead atoms. The minimum absolute atomic E-state index is 0.156. The second kappa shape index (κ2) is 9.11. The van der Waals surface area contributed by atoms with Crippen molar-refractivity contribution in [3.05, 3.63) is 71.5 Å². The standard InChI is InChI=1S/C24H23F3N6O/c1-16-19-7-2-3-8-20(19)29-21(28-16)14-32-9-11-33(12-10-32)15-22-30-23(31-34-22)17-5-4-6-18(13-17)24(25,26)27/h2-8,13H,9-12,14-15H2,1H3. The predicted octanol–water partition coefficient (Wildman–Crippen LogP) is 4.32. The molecule has 3 heterocycles. The lowest BCUT2D eigenvalue weighted by Crippen LogP contribution is -2.45. The van der Waals surface area contributed by atoms with Crippen LogP contribution in [0, 0.1) is 6.92 Å². The maximum atomic E-state index is 13.0. The van der Waals surface area contributed by atoms with Crippen LogP contribution in [0.15, 0.2) is 53.1 Å². The summed E-state index contributed by atoms with van der Waals surface area (Å²) in [4.78, 5) is 18.2. The number of aryl methyl sites for hydroxylation is 1. The molecule has 0 aliphatic carbocycles. The van der Waals surface area contributed by atoms with Gasteiger partial charge in [-0.3, -0.25) is 9.80 Å². The topological polar surface area (TPSA) is 71.2 Å². The summed E-state index contributed by atoms with van der Waals surface area (Å²) in [6.45, 7) is 6.41. The van der Waals surface area contributed by atoms with E-state index in [1.54, 1.807) is 6.07 Å². The smallest absolute Gasteiger partial charge is 0.338 e. The summed E-state index contributed by atoms with van der Waals surface area (Å²) in [5, 5.41) is 4.94. The fourth-order valence-corrected chi connectivity index (χ4v) is 4.13. The monoisotopic (exact) mass is 468 g/mol. The van der Waals surface area contributed by atoms with Gasteiger partial charge in [-0.25, -0.2) is 9.97 Å². The fraction of sp³-hybridized carbons (Fsp3) is 0.333. The molecule has 1 saturated heterocycles. The first-order chi connectivity index (χ1) is 16.3. The highest BCUT2D eigenvalue weighted by Gasteiger charge is 2.31. The van der Waals surface area contributed by atoms with Gasteiger partial charge in [0.2, 0.25) is 11.7 Å². The Kier molecular flexibility index (Phi) is 6.01. The van der Waals surface area contributed by atoms with Crippen LogP contribution in [0.5, 0.6) is 0 Å². The van der Waals surface area contributed by atoms with Crippen molar-refractivity contribution in [2.75, 3.05) is 26.2 Å². The Morgan fingerprint density at radius 3 is 2.38 bits per heavy atom. The summed E-state index contributed by atoms with van der Waals surface area (Å²) in [5.41, 5.74) is 1.47. The van der Waals surface area contributed by atoms with Gasteiger partial charge in [0.25, 0.3) is 0 Å². The lowest BCUT2D eigenvalue weighted by Gasteiger charge is -2.33. The van der Waals surface area contributed by atoms with E-state index in [2.05, 4.69) is 24.9 Å². The van der Waals surface area contributed by atoms with E-state index in [1.165, 1.54) is 6.07 Å². The first-order valence-electron chi connectivity index (χ1n) is 11.0. The molecule has 0 amide bonds. The Morgan fingerprint density at radius 1 is 0.882 bits per heavy atom. The average molecular weight is 468 g/mol. The van der Waals surface area contributed by atoms with Gasteiger partial charge in [-0.1, -0.05) is 35.5 Å². The van der Waals surface area contributed by atoms with Crippen molar-refractivity contribution in [1.82, 2.24) is 29.9 Å². The summed E-state index contributed by atoms with van der Waals surface area (Å²) < 4.78 is 44.2. The molecule has 5 rings (SSSR count). The lowest BCUT2D eigenvalue weighted by atomic mass is 10.1. The molecule has 0 radical (unpaired) electrons. The average Bonchev–Trinajstić information content (AvgIpc) is 3.29. The number of piperazine rings is 1. The highest BCUT2D eigenvalue weighted by molar-refractivity contribution is 5.80. The Balaban J connectivity index is 1.18. The van der Waals surface area contributed by atoms with Gasteiger partial charge in [0.1, 0.15) is 5.82 Å². The van der Waals surface area contributed by atoms with E-state index < -0.39 is 11.7 Å². The van der Waals surface area contributed by atoms with Gasteiger partial charge >= 0.3 is 6.18 Å². The molecule has 0 spiro atoms. The summed E-state index contributed by atoms with van der Waals surface area (Å²) >= 11 is 0. The van der Waals surface area contributed by atoms with Gasteiger partial charge in [0.15, 0.2) is 0 Å². The molecule has 0 atom stereocenters. The molecular weight excluding hydrogens is 445 g/mol. The van der Waals surface area contributed by atoms with Gasteiger partial charge in [-0.2, -0.15) is 18.2 Å². The predicted molar refractivity (Wildman–Crippen MR) is 120 cm³/mol. The maximum absolute atomic E-state index is 13.0. The zero-order valence-corrected chi connectivity index (χ0v) is 18.6. The second-order valence-corrected chi connectivity index (χ2v) is 8.38. The lowest BCUT2D eigenvalue weighted by molar-refractivity contribution is -0.137. The number of para-hydroxylation sites is 1. The third kappa shape index (κ3) is 4.92. The molecule has 0 N–H and O–H groups in total. The summed E-state index contributed by atoms with van der Waals surface area (Å²) in [5.74, 6) is 1.35. The van der Waals surface area contributed by atoms with Crippen LogP contribution in [0.4, 0.5) is 13.2 Å². The Bertz CT molecular complexity index is 1300. The minimum atomic E-state index is -4.42. The molecule has 0 saturated carbocycles. The van der Waals surface area contributed by atoms with Crippen LogP contribution in [-0.4, -0.2) is 56.1 Å². The highest BCUT2D eigenvalue weighted by Crippen LogP contribution is 2.31. The molecule has 7 nitrogen and oxygen atoms in total. The number of nitrogens with zero attached hydrogens (tertiary/aromatic N) is 6. The van der Waals surface area contributed by atoms with Crippen LogP contribution in [0.2, 0.25) is 0 Å². The van der Waals surface area contributed by atoms with E-state index in [0.29, 0.717) is 19.0 Å². The molecule has 1 aliphatic rings. The van der Waals surface area contributed by atoms with Crippen LogP contribution in [0.3, 0.4) is 0 Å². The van der Waals surface area contributed by atoms with Crippen molar-refractivity contribution in [3.63, 3.8) is 0 Å². The van der Waals surface area contributed by atoms with E-state index >= 15 is 0 Å².